The minimum Gasteiger partial charge on any atom is -0.494 e. The van der Waals surface area contributed by atoms with Crippen molar-refractivity contribution < 1.29 is 29.0 Å². The molecule has 2 bridgehead atoms. The molecule has 0 radical (unpaired) electrons. The van der Waals surface area contributed by atoms with E-state index in [1.165, 1.54) is 4.90 Å². The zero-order valence-electron chi connectivity index (χ0n) is 20.7. The number of ether oxygens (including phenoxy) is 2. The van der Waals surface area contributed by atoms with Crippen LogP contribution in [0.15, 0.2) is 48.5 Å². The number of hydrogen-bond donors (Lipinski definition) is 3. The molecule has 0 saturated carbocycles. The average molecular weight is 607 g/mol. The Kier molecular flexibility index (Phi) is 7.68. The lowest BCUT2D eigenvalue weighted by atomic mass is 9.70. The van der Waals surface area contributed by atoms with E-state index < -0.39 is 35.5 Å². The second-order valence-corrected chi connectivity index (χ2v) is 11.3. The smallest absolute Gasteiger partial charge is 0.250 e. The van der Waals surface area contributed by atoms with Crippen LogP contribution in [0.5, 0.6) is 5.75 Å². The number of aliphatic hydroxyl groups is 1. The molecule has 3 heterocycles. The highest BCUT2D eigenvalue weighted by molar-refractivity contribution is 9.09. The number of nitrogens with one attached hydrogen (secondary N) is 2. The van der Waals surface area contributed by atoms with Crippen LogP contribution in [0.4, 0.5) is 11.4 Å². The van der Waals surface area contributed by atoms with Gasteiger partial charge in [0.25, 0.3) is 0 Å². The SMILES string of the molecule is CCOc1ccc(NC(=O)[C@H]2[C@H]3C(=O)N(CCCO)C(C(=O)Nc4ccccc4Cl)C34CC(Br)[C@@H]2O4)cc1. The summed E-state index contributed by atoms with van der Waals surface area (Å²) in [6.45, 7) is 2.43. The number of rotatable bonds is 9. The molecule has 6 atom stereocenters. The Labute approximate surface area is 233 Å². The van der Waals surface area contributed by atoms with E-state index in [9.17, 15) is 19.5 Å². The van der Waals surface area contributed by atoms with Crippen LogP contribution in [0.2, 0.25) is 5.02 Å². The molecule has 9 nitrogen and oxygen atoms in total. The van der Waals surface area contributed by atoms with Gasteiger partial charge in [-0.1, -0.05) is 39.7 Å². The van der Waals surface area contributed by atoms with Gasteiger partial charge in [-0.05, 0) is 56.2 Å². The molecule has 3 aliphatic heterocycles. The van der Waals surface area contributed by atoms with Crippen molar-refractivity contribution in [3.63, 3.8) is 0 Å². The maximum absolute atomic E-state index is 13.8. The predicted molar refractivity (Wildman–Crippen MR) is 145 cm³/mol. The first-order valence-corrected chi connectivity index (χ1v) is 13.9. The lowest BCUT2D eigenvalue weighted by Gasteiger charge is -2.34. The van der Waals surface area contributed by atoms with Crippen LogP contribution >= 0.6 is 27.5 Å². The molecule has 3 aliphatic rings. The lowest BCUT2D eigenvalue weighted by Crippen LogP contribution is -2.54. The number of nitrogens with zero attached hydrogens (tertiary/aromatic N) is 1. The number of anilines is 2. The van der Waals surface area contributed by atoms with Gasteiger partial charge >= 0.3 is 0 Å². The number of carbonyl (C=O) groups is 3. The van der Waals surface area contributed by atoms with Crippen LogP contribution < -0.4 is 15.4 Å². The van der Waals surface area contributed by atoms with Gasteiger partial charge in [0.1, 0.15) is 17.4 Å². The lowest BCUT2D eigenvalue weighted by molar-refractivity contribution is -0.139. The maximum atomic E-state index is 13.8. The number of amides is 3. The van der Waals surface area contributed by atoms with Crippen LogP contribution in [-0.2, 0) is 19.1 Å². The largest absolute Gasteiger partial charge is 0.494 e. The minimum atomic E-state index is -1.20. The van der Waals surface area contributed by atoms with Crippen molar-refractivity contribution in [3.8, 4) is 5.75 Å². The Bertz CT molecular complexity index is 1230. The molecule has 3 fully saturated rings. The molecule has 3 N–H and O–H groups in total. The third kappa shape index (κ3) is 4.57. The fraction of sp³-hybridized carbons (Fsp3) is 0.444. The van der Waals surface area contributed by atoms with Gasteiger partial charge in [-0.15, -0.1) is 0 Å². The van der Waals surface area contributed by atoms with E-state index in [4.69, 9.17) is 21.1 Å². The van der Waals surface area contributed by atoms with E-state index in [1.807, 2.05) is 6.92 Å². The molecule has 2 aromatic carbocycles. The van der Waals surface area contributed by atoms with E-state index >= 15 is 0 Å². The summed E-state index contributed by atoms with van der Waals surface area (Å²) in [6.07, 6.45) is 0.0911. The number of aliphatic hydroxyl groups excluding tert-OH is 1. The van der Waals surface area contributed by atoms with E-state index in [-0.39, 0.29) is 36.2 Å². The summed E-state index contributed by atoms with van der Waals surface area (Å²) in [5.41, 5.74) is -0.212. The van der Waals surface area contributed by atoms with Gasteiger partial charge in [0.15, 0.2) is 0 Å². The van der Waals surface area contributed by atoms with E-state index in [0.717, 1.165) is 0 Å². The number of fused-ring (bicyclic) bond motifs is 1. The van der Waals surface area contributed by atoms with Crippen molar-refractivity contribution in [1.82, 2.24) is 4.90 Å². The molecule has 2 aromatic rings. The molecule has 3 amide bonds. The summed E-state index contributed by atoms with van der Waals surface area (Å²) in [7, 11) is 0. The predicted octanol–water partition coefficient (Wildman–Crippen LogP) is 3.45. The highest BCUT2D eigenvalue weighted by Gasteiger charge is 2.76. The van der Waals surface area contributed by atoms with Crippen LogP contribution in [0.25, 0.3) is 0 Å². The number of para-hydroxylation sites is 1. The summed E-state index contributed by atoms with van der Waals surface area (Å²) < 4.78 is 11.9. The second-order valence-electron chi connectivity index (χ2n) is 9.69. The molecule has 202 valence electrons. The number of hydrogen-bond acceptors (Lipinski definition) is 6. The van der Waals surface area contributed by atoms with Crippen molar-refractivity contribution >= 4 is 56.6 Å². The molecule has 3 saturated heterocycles. The van der Waals surface area contributed by atoms with Crippen LogP contribution in [-0.4, -0.2) is 70.1 Å². The Morgan fingerprint density at radius 3 is 2.61 bits per heavy atom. The normalized spacial score (nSPS) is 29.3. The van der Waals surface area contributed by atoms with Gasteiger partial charge in [0.2, 0.25) is 17.7 Å². The molecule has 0 aliphatic carbocycles. The number of benzene rings is 2. The molecule has 0 aromatic heterocycles. The highest BCUT2D eigenvalue weighted by Crippen LogP contribution is 2.60. The topological polar surface area (TPSA) is 117 Å². The van der Waals surface area contributed by atoms with Crippen molar-refractivity contribution in [2.45, 2.75) is 42.3 Å². The monoisotopic (exact) mass is 605 g/mol. The molecular weight excluding hydrogens is 578 g/mol. The van der Waals surface area contributed by atoms with E-state index in [2.05, 4.69) is 26.6 Å². The highest BCUT2D eigenvalue weighted by atomic mass is 79.9. The van der Waals surface area contributed by atoms with Gasteiger partial charge in [0.05, 0.1) is 35.3 Å². The second kappa shape index (κ2) is 10.8. The standard InChI is InChI=1S/C27H29BrClN3O6/c1-2-37-16-10-8-15(9-11-16)30-24(34)20-21-26(36)32(12-5-13-33)23(27(21)14-17(28)22(20)38-27)25(35)31-19-7-4-3-6-18(19)29/h3-4,6-11,17,20-23,33H,2,5,12-14H2,1H3,(H,30,34)(H,31,35)/t17?,20-,21-,22-,23?,27?/m0/s1. The van der Waals surface area contributed by atoms with Crippen LogP contribution in [0, 0.1) is 11.8 Å². The zero-order chi connectivity index (χ0) is 27.0. The molecule has 38 heavy (non-hydrogen) atoms. The van der Waals surface area contributed by atoms with Gasteiger partial charge in [-0.3, -0.25) is 14.4 Å². The average Bonchev–Trinajstić information content (AvgIpc) is 3.48. The quantitative estimate of drug-likeness (QED) is 0.377. The zero-order valence-corrected chi connectivity index (χ0v) is 23.1. The van der Waals surface area contributed by atoms with E-state index in [0.29, 0.717) is 35.2 Å². The Morgan fingerprint density at radius 2 is 1.92 bits per heavy atom. The van der Waals surface area contributed by atoms with Gasteiger partial charge < -0.3 is 30.1 Å². The fourth-order valence-electron chi connectivity index (χ4n) is 6.00. The number of halogens is 2. The molecule has 11 heteroatoms. The Hall–Kier alpha value is -2.66. The third-order valence-corrected chi connectivity index (χ3v) is 8.64. The van der Waals surface area contributed by atoms with Gasteiger partial charge in [-0.25, -0.2) is 0 Å². The first-order chi connectivity index (χ1) is 18.3. The summed E-state index contributed by atoms with van der Waals surface area (Å²) in [6, 6.07) is 12.9. The summed E-state index contributed by atoms with van der Waals surface area (Å²) in [5, 5.41) is 15.6. The van der Waals surface area contributed by atoms with Crippen LogP contribution in [0.1, 0.15) is 19.8 Å². The number of likely N-dealkylation sites (tertiary alicyclic amines) is 1. The molecular formula is C27H29BrClN3O6. The Morgan fingerprint density at radius 1 is 1.18 bits per heavy atom. The van der Waals surface area contributed by atoms with Crippen molar-refractivity contribution in [2.75, 3.05) is 30.4 Å². The van der Waals surface area contributed by atoms with Crippen molar-refractivity contribution in [2.24, 2.45) is 11.8 Å². The first-order valence-electron chi connectivity index (χ1n) is 12.6. The van der Waals surface area contributed by atoms with Crippen molar-refractivity contribution in [3.05, 3.63) is 53.6 Å². The molecule has 5 rings (SSSR count). The molecule has 3 unspecified atom stereocenters. The summed E-state index contributed by atoms with van der Waals surface area (Å²) in [4.78, 5) is 42.4. The number of carbonyl (C=O) groups excluding carboxylic acids is 3. The Balaban J connectivity index is 1.45. The number of alkyl halides is 1. The van der Waals surface area contributed by atoms with Crippen LogP contribution in [0.3, 0.4) is 0 Å². The van der Waals surface area contributed by atoms with E-state index in [1.54, 1.807) is 48.5 Å². The fourth-order valence-corrected chi connectivity index (χ4v) is 7.13. The van der Waals surface area contributed by atoms with Gasteiger partial charge in [-0.2, -0.15) is 0 Å². The third-order valence-electron chi connectivity index (χ3n) is 7.46. The molecule has 1 spiro atoms. The first kappa shape index (κ1) is 26.9. The van der Waals surface area contributed by atoms with Crippen molar-refractivity contribution in [1.29, 1.82) is 0 Å². The minimum absolute atomic E-state index is 0.146. The van der Waals surface area contributed by atoms with Gasteiger partial charge in [0, 0.05) is 23.7 Å². The summed E-state index contributed by atoms with van der Waals surface area (Å²) >= 11 is 9.93. The maximum Gasteiger partial charge on any atom is 0.250 e. The summed E-state index contributed by atoms with van der Waals surface area (Å²) in [5.74, 6) is -2.08.